The number of aromatic nitrogens is 4. The third-order valence-corrected chi connectivity index (χ3v) is 10.6. The minimum Gasteiger partial charge on any atom is -0.497 e. The fraction of sp³-hybridized carbons (Fsp3) is 0.618. The van der Waals surface area contributed by atoms with Gasteiger partial charge in [0.25, 0.3) is 5.91 Å². The lowest BCUT2D eigenvalue weighted by molar-refractivity contribution is -0.137. The average Bonchev–Trinajstić information content (AvgIpc) is 3.34. The Kier molecular flexibility index (Phi) is 11.4. The Labute approximate surface area is 299 Å². The van der Waals surface area contributed by atoms with Crippen LogP contribution in [0.1, 0.15) is 73.3 Å². The summed E-state index contributed by atoms with van der Waals surface area (Å²) in [5, 5.41) is 18.6. The molecular formula is C34H50N8O8S. The standard InChI is InChI=1S/C34H50N8O8S/c1-11-12-21-19-34(21,30(45)39-51(47,48)41(8)9)36-29(44)25-18-22(42-38-28(37-40-42)20-13-15-23(49-10)16-14-20)17-24(25)26(43)27(32(2,3)4)35-31(46)50-33(5,6)7/h11,13-16,21-22,24-25,27H,1,12,17-19H2,2-10H3,(H,35,46)(H,36,44)(H,39,45)/t21-,22+,24?,25-,27?,34+/m1/s1. The highest BCUT2D eigenvalue weighted by Gasteiger charge is 2.62. The predicted octanol–water partition coefficient (Wildman–Crippen LogP) is 2.80. The van der Waals surface area contributed by atoms with Crippen molar-refractivity contribution >= 4 is 33.9 Å². The molecule has 1 heterocycles. The second-order valence-corrected chi connectivity index (χ2v) is 17.3. The number of methoxy groups -OCH3 is 1. The summed E-state index contributed by atoms with van der Waals surface area (Å²) in [6.45, 7) is 14.2. The van der Waals surface area contributed by atoms with Gasteiger partial charge in [0.05, 0.1) is 19.2 Å². The van der Waals surface area contributed by atoms with E-state index in [0.29, 0.717) is 23.6 Å². The van der Waals surface area contributed by atoms with Gasteiger partial charge in [-0.05, 0) is 87.3 Å². The summed E-state index contributed by atoms with van der Waals surface area (Å²) in [5.74, 6) is -3.27. The topological polar surface area (TPSA) is 204 Å². The Bertz CT molecular complexity index is 1750. The molecule has 17 heteroatoms. The number of nitrogens with zero attached hydrogens (tertiary/aromatic N) is 5. The summed E-state index contributed by atoms with van der Waals surface area (Å²) in [5.41, 5.74) is -2.46. The minimum absolute atomic E-state index is 0.101. The van der Waals surface area contributed by atoms with E-state index in [9.17, 15) is 27.6 Å². The molecule has 4 rings (SSSR count). The third-order valence-electron chi connectivity index (χ3n) is 9.16. The molecule has 280 valence electrons. The molecule has 1 aromatic carbocycles. The van der Waals surface area contributed by atoms with Crippen molar-refractivity contribution in [3.8, 4) is 17.1 Å². The molecule has 0 bridgehead atoms. The number of carbonyl (C=O) groups is 4. The van der Waals surface area contributed by atoms with Crippen molar-refractivity contribution in [2.45, 2.75) is 90.4 Å². The fourth-order valence-corrected chi connectivity index (χ4v) is 6.91. The molecule has 51 heavy (non-hydrogen) atoms. The lowest BCUT2D eigenvalue weighted by Crippen LogP contribution is -2.56. The predicted molar refractivity (Wildman–Crippen MR) is 187 cm³/mol. The molecule has 2 aromatic rings. The maximum Gasteiger partial charge on any atom is 0.408 e. The molecule has 2 unspecified atom stereocenters. The average molecular weight is 731 g/mol. The van der Waals surface area contributed by atoms with E-state index < -0.39 is 80.3 Å². The molecule has 16 nitrogen and oxygen atoms in total. The van der Waals surface area contributed by atoms with E-state index in [0.717, 1.165) is 4.31 Å². The van der Waals surface area contributed by atoms with Crippen LogP contribution in [0.3, 0.4) is 0 Å². The largest absolute Gasteiger partial charge is 0.497 e. The van der Waals surface area contributed by atoms with Gasteiger partial charge in [-0.15, -0.1) is 16.8 Å². The minimum atomic E-state index is -4.16. The zero-order valence-corrected chi connectivity index (χ0v) is 31.5. The van der Waals surface area contributed by atoms with Crippen molar-refractivity contribution in [3.05, 3.63) is 36.9 Å². The van der Waals surface area contributed by atoms with Gasteiger partial charge in [-0.2, -0.15) is 17.5 Å². The first-order valence-corrected chi connectivity index (χ1v) is 18.2. The SMILES string of the molecule is C=CC[C@@H]1C[C@@]1(NC(=O)[C@@H]1C[C@@H](n2nnc(-c3ccc(OC)cc3)n2)CC1C(=O)C(NC(=O)OC(C)(C)C)C(C)(C)C)C(=O)NS(=O)(=O)N(C)C. The molecule has 3 N–H and O–H groups in total. The Morgan fingerprint density at radius 3 is 2.25 bits per heavy atom. The van der Waals surface area contributed by atoms with Gasteiger partial charge in [-0.3, -0.25) is 14.4 Å². The maximum atomic E-state index is 14.5. The maximum absolute atomic E-state index is 14.5. The fourth-order valence-electron chi connectivity index (χ4n) is 6.31. The first-order chi connectivity index (χ1) is 23.6. The number of nitrogens with one attached hydrogen (secondary N) is 3. The highest BCUT2D eigenvalue weighted by atomic mass is 32.2. The van der Waals surface area contributed by atoms with E-state index in [1.54, 1.807) is 79.0 Å². The Balaban J connectivity index is 1.68. The Hall–Kier alpha value is -4.38. The van der Waals surface area contributed by atoms with Crippen LogP contribution in [-0.2, 0) is 29.3 Å². The normalized spacial score (nSPS) is 24.0. The van der Waals surface area contributed by atoms with Crippen LogP contribution >= 0.6 is 0 Å². The van der Waals surface area contributed by atoms with E-state index in [-0.39, 0.29) is 19.3 Å². The van der Waals surface area contributed by atoms with E-state index in [2.05, 4.69) is 37.3 Å². The quantitative estimate of drug-likeness (QED) is 0.256. The smallest absolute Gasteiger partial charge is 0.408 e. The van der Waals surface area contributed by atoms with Crippen LogP contribution in [0, 0.1) is 23.2 Å². The number of tetrazole rings is 1. The van der Waals surface area contributed by atoms with Crippen LogP contribution < -0.4 is 20.1 Å². The zero-order valence-electron chi connectivity index (χ0n) is 30.7. The molecule has 0 aliphatic heterocycles. The lowest BCUT2D eigenvalue weighted by atomic mass is 9.77. The lowest BCUT2D eigenvalue weighted by Gasteiger charge is -2.34. The third kappa shape index (κ3) is 9.11. The van der Waals surface area contributed by atoms with Gasteiger partial charge in [0.1, 0.15) is 16.9 Å². The van der Waals surface area contributed by atoms with Crippen molar-refractivity contribution in [1.29, 1.82) is 0 Å². The number of allylic oxidation sites excluding steroid dienone is 1. The second-order valence-electron chi connectivity index (χ2n) is 15.5. The van der Waals surface area contributed by atoms with Gasteiger partial charge in [0, 0.05) is 31.5 Å². The molecule has 6 atom stereocenters. The van der Waals surface area contributed by atoms with Crippen LogP contribution in [0.25, 0.3) is 11.4 Å². The number of ether oxygens (including phenoxy) is 2. The number of ketones is 1. The number of Topliss-reactive ketones (excluding diaryl/α,β-unsaturated/α-hetero) is 1. The van der Waals surface area contributed by atoms with E-state index in [1.807, 2.05) is 0 Å². The molecule has 2 fully saturated rings. The zero-order chi connectivity index (χ0) is 38.1. The molecule has 1 aromatic heterocycles. The van der Waals surface area contributed by atoms with Gasteiger partial charge in [0.2, 0.25) is 11.7 Å². The molecular weight excluding hydrogens is 680 g/mol. The Morgan fingerprint density at radius 1 is 1.08 bits per heavy atom. The van der Waals surface area contributed by atoms with Crippen LogP contribution in [0.4, 0.5) is 4.79 Å². The summed E-state index contributed by atoms with van der Waals surface area (Å²) in [7, 11) is -0.0499. The molecule has 0 saturated heterocycles. The van der Waals surface area contributed by atoms with E-state index in [4.69, 9.17) is 9.47 Å². The number of benzene rings is 1. The van der Waals surface area contributed by atoms with Crippen molar-refractivity contribution in [2.75, 3.05) is 21.2 Å². The number of hydrogen-bond donors (Lipinski definition) is 3. The molecule has 0 radical (unpaired) electrons. The summed E-state index contributed by atoms with van der Waals surface area (Å²) in [6, 6.07) is 5.48. The number of amides is 3. The number of carbonyl (C=O) groups excluding carboxylic acids is 4. The van der Waals surface area contributed by atoms with Gasteiger partial charge in [-0.1, -0.05) is 26.8 Å². The summed E-state index contributed by atoms with van der Waals surface area (Å²) in [6.07, 6.45) is 1.56. The highest BCUT2D eigenvalue weighted by molar-refractivity contribution is 7.87. The summed E-state index contributed by atoms with van der Waals surface area (Å²) < 4.78 is 38.8. The number of hydrogen-bond acceptors (Lipinski definition) is 11. The second kappa shape index (κ2) is 14.7. The first-order valence-electron chi connectivity index (χ1n) is 16.8. The van der Waals surface area contributed by atoms with Crippen molar-refractivity contribution in [1.82, 2.24) is 39.9 Å². The van der Waals surface area contributed by atoms with Crippen molar-refractivity contribution in [2.24, 2.45) is 23.2 Å². The van der Waals surface area contributed by atoms with Crippen LogP contribution in [0.15, 0.2) is 36.9 Å². The molecule has 2 aliphatic rings. The van der Waals surface area contributed by atoms with Crippen molar-refractivity contribution in [3.63, 3.8) is 0 Å². The first kappa shape index (κ1) is 39.4. The number of rotatable bonds is 13. The Morgan fingerprint density at radius 2 is 1.71 bits per heavy atom. The highest BCUT2D eigenvalue weighted by Crippen LogP contribution is 2.48. The molecule has 0 spiro atoms. The van der Waals surface area contributed by atoms with Crippen LogP contribution in [0.2, 0.25) is 0 Å². The van der Waals surface area contributed by atoms with Gasteiger partial charge < -0.3 is 20.1 Å². The van der Waals surface area contributed by atoms with Crippen molar-refractivity contribution < 1.29 is 37.1 Å². The van der Waals surface area contributed by atoms with Gasteiger partial charge >= 0.3 is 16.3 Å². The summed E-state index contributed by atoms with van der Waals surface area (Å²) in [4.78, 5) is 56.6. The van der Waals surface area contributed by atoms with Crippen LogP contribution in [0.5, 0.6) is 5.75 Å². The molecule has 2 saturated carbocycles. The number of alkyl carbamates (subject to hydrolysis) is 1. The molecule has 2 aliphatic carbocycles. The molecule has 3 amide bonds. The van der Waals surface area contributed by atoms with E-state index in [1.165, 1.54) is 18.9 Å². The summed E-state index contributed by atoms with van der Waals surface area (Å²) >= 11 is 0. The van der Waals surface area contributed by atoms with Gasteiger partial charge in [0.15, 0.2) is 5.78 Å². The van der Waals surface area contributed by atoms with Gasteiger partial charge in [-0.25, -0.2) is 9.52 Å². The van der Waals surface area contributed by atoms with E-state index >= 15 is 0 Å². The monoisotopic (exact) mass is 730 g/mol. The van der Waals surface area contributed by atoms with Crippen LogP contribution in [-0.4, -0.2) is 95.0 Å².